The molecule has 1 aromatic rings. The van der Waals surface area contributed by atoms with Gasteiger partial charge in [0.25, 0.3) is 0 Å². The normalized spacial score (nSPS) is 11.4. The number of pyridine rings is 1. The Morgan fingerprint density at radius 1 is 1.44 bits per heavy atom. The summed E-state index contributed by atoms with van der Waals surface area (Å²) in [7, 11) is -3.32. The largest absolute Gasteiger partial charge is 0.396 e. The van der Waals surface area contributed by atoms with Crippen LogP contribution in [-0.4, -0.2) is 30.9 Å². The van der Waals surface area contributed by atoms with Gasteiger partial charge in [-0.05, 0) is 31.4 Å². The van der Waals surface area contributed by atoms with E-state index < -0.39 is 10.0 Å². The van der Waals surface area contributed by atoms with Crippen LogP contribution in [-0.2, 0) is 10.0 Å². The van der Waals surface area contributed by atoms with E-state index in [0.29, 0.717) is 18.5 Å². The maximum Gasteiger partial charge on any atom is 0.232 e. The summed E-state index contributed by atoms with van der Waals surface area (Å²) in [5.74, 6) is 0.0231. The summed E-state index contributed by atoms with van der Waals surface area (Å²) in [6.45, 7) is 1.81. The number of aliphatic hydroxyl groups excluding tert-OH is 1. The number of sulfonamides is 1. The smallest absolute Gasteiger partial charge is 0.232 e. The number of anilines is 1. The molecule has 1 heterocycles. The van der Waals surface area contributed by atoms with Gasteiger partial charge in [-0.1, -0.05) is 0 Å². The number of nitrogens with zero attached hydrogens (tertiary/aromatic N) is 1. The number of nitrogens with one attached hydrogen (secondary N) is 1. The van der Waals surface area contributed by atoms with Crippen LogP contribution in [0.15, 0.2) is 18.5 Å². The Balaban J connectivity index is 2.63. The molecule has 0 aliphatic carbocycles. The zero-order chi connectivity index (χ0) is 12.0. The highest BCUT2D eigenvalue weighted by molar-refractivity contribution is 7.92. The number of hydrogen-bond acceptors (Lipinski definition) is 4. The van der Waals surface area contributed by atoms with E-state index in [9.17, 15) is 8.42 Å². The lowest BCUT2D eigenvalue weighted by atomic mass is 10.3. The standard InChI is InChI=1S/C10H16N2O3S/c1-9-8-11-5-4-10(9)12-16(14,15)7-3-2-6-13/h4-5,8,13H,2-3,6-7H2,1H3,(H,11,12). The van der Waals surface area contributed by atoms with Gasteiger partial charge in [0, 0.05) is 19.0 Å². The minimum absolute atomic E-state index is 0.0177. The lowest BCUT2D eigenvalue weighted by Gasteiger charge is -2.09. The molecule has 0 saturated heterocycles. The summed E-state index contributed by atoms with van der Waals surface area (Å²) in [6, 6.07) is 1.62. The molecule has 0 saturated carbocycles. The second-order valence-corrected chi connectivity index (χ2v) is 5.38. The van der Waals surface area contributed by atoms with Crippen molar-refractivity contribution in [1.82, 2.24) is 4.98 Å². The summed E-state index contributed by atoms with van der Waals surface area (Å²) < 4.78 is 25.7. The number of aliphatic hydroxyl groups is 1. The van der Waals surface area contributed by atoms with Crippen LogP contribution in [0.25, 0.3) is 0 Å². The highest BCUT2D eigenvalue weighted by atomic mass is 32.2. The highest BCUT2D eigenvalue weighted by Gasteiger charge is 2.10. The van der Waals surface area contributed by atoms with Gasteiger partial charge in [-0.2, -0.15) is 0 Å². The number of aromatic nitrogens is 1. The van der Waals surface area contributed by atoms with Gasteiger partial charge >= 0.3 is 0 Å². The van der Waals surface area contributed by atoms with Crippen molar-refractivity contribution in [2.24, 2.45) is 0 Å². The van der Waals surface area contributed by atoms with Crippen molar-refractivity contribution in [1.29, 1.82) is 0 Å². The van der Waals surface area contributed by atoms with Crippen LogP contribution < -0.4 is 4.72 Å². The SMILES string of the molecule is Cc1cnccc1NS(=O)(=O)CCCCO. The number of unbranched alkanes of at least 4 members (excludes halogenated alkanes) is 1. The number of aryl methyl sites for hydroxylation is 1. The molecule has 0 amide bonds. The van der Waals surface area contributed by atoms with E-state index in [-0.39, 0.29) is 12.4 Å². The van der Waals surface area contributed by atoms with Crippen LogP contribution in [0.1, 0.15) is 18.4 Å². The van der Waals surface area contributed by atoms with Crippen molar-refractivity contribution in [3.05, 3.63) is 24.0 Å². The average molecular weight is 244 g/mol. The molecule has 0 fully saturated rings. The van der Waals surface area contributed by atoms with Crippen molar-refractivity contribution < 1.29 is 13.5 Å². The van der Waals surface area contributed by atoms with Gasteiger partial charge in [0.2, 0.25) is 10.0 Å². The average Bonchev–Trinajstić information content (AvgIpc) is 2.21. The summed E-state index contributed by atoms with van der Waals surface area (Å²) in [5.41, 5.74) is 1.34. The Morgan fingerprint density at radius 3 is 2.81 bits per heavy atom. The Labute approximate surface area is 95.6 Å². The van der Waals surface area contributed by atoms with Gasteiger partial charge in [0.05, 0.1) is 11.4 Å². The molecule has 5 nitrogen and oxygen atoms in total. The molecule has 16 heavy (non-hydrogen) atoms. The lowest BCUT2D eigenvalue weighted by Crippen LogP contribution is -2.17. The van der Waals surface area contributed by atoms with E-state index in [1.807, 2.05) is 0 Å². The first-order chi connectivity index (χ1) is 7.55. The van der Waals surface area contributed by atoms with Gasteiger partial charge in [-0.25, -0.2) is 8.42 Å². The van der Waals surface area contributed by atoms with Crippen molar-refractivity contribution >= 4 is 15.7 Å². The Morgan fingerprint density at radius 2 is 2.19 bits per heavy atom. The quantitative estimate of drug-likeness (QED) is 0.729. The van der Waals surface area contributed by atoms with E-state index in [0.717, 1.165) is 5.56 Å². The van der Waals surface area contributed by atoms with E-state index in [4.69, 9.17) is 5.11 Å². The van der Waals surface area contributed by atoms with E-state index in [2.05, 4.69) is 9.71 Å². The van der Waals surface area contributed by atoms with Gasteiger partial charge in [0.1, 0.15) is 0 Å². The Kier molecular flexibility index (Phi) is 4.70. The van der Waals surface area contributed by atoms with Crippen LogP contribution in [0.5, 0.6) is 0 Å². The van der Waals surface area contributed by atoms with Gasteiger partial charge in [0.15, 0.2) is 0 Å². The van der Waals surface area contributed by atoms with Crippen molar-refractivity contribution in [3.63, 3.8) is 0 Å². The second-order valence-electron chi connectivity index (χ2n) is 3.54. The van der Waals surface area contributed by atoms with Crippen LogP contribution in [0.3, 0.4) is 0 Å². The molecular weight excluding hydrogens is 228 g/mol. The fourth-order valence-corrected chi connectivity index (χ4v) is 2.46. The highest BCUT2D eigenvalue weighted by Crippen LogP contribution is 2.14. The fourth-order valence-electron chi connectivity index (χ4n) is 1.21. The Bertz CT molecular complexity index is 431. The maximum atomic E-state index is 11.6. The van der Waals surface area contributed by atoms with Crippen LogP contribution in [0.4, 0.5) is 5.69 Å². The monoisotopic (exact) mass is 244 g/mol. The molecular formula is C10H16N2O3S. The summed E-state index contributed by atoms with van der Waals surface area (Å²) in [4.78, 5) is 3.88. The predicted octanol–water partition coefficient (Wildman–Crippen LogP) is 0.904. The summed E-state index contributed by atoms with van der Waals surface area (Å²) >= 11 is 0. The van der Waals surface area contributed by atoms with Gasteiger partial charge in [-0.3, -0.25) is 9.71 Å². The van der Waals surface area contributed by atoms with Crippen molar-refractivity contribution in [2.75, 3.05) is 17.1 Å². The molecule has 0 aliphatic heterocycles. The second kappa shape index (κ2) is 5.81. The third-order valence-corrected chi connectivity index (χ3v) is 3.46. The maximum absolute atomic E-state index is 11.6. The predicted molar refractivity (Wildman–Crippen MR) is 62.7 cm³/mol. The van der Waals surface area contributed by atoms with E-state index >= 15 is 0 Å². The zero-order valence-corrected chi connectivity index (χ0v) is 10.00. The first kappa shape index (κ1) is 12.9. The van der Waals surface area contributed by atoms with Crippen LogP contribution in [0, 0.1) is 6.92 Å². The first-order valence-corrected chi connectivity index (χ1v) is 6.72. The molecule has 90 valence electrons. The molecule has 0 radical (unpaired) electrons. The molecule has 0 aliphatic rings. The Hall–Kier alpha value is -1.14. The van der Waals surface area contributed by atoms with Crippen molar-refractivity contribution in [2.45, 2.75) is 19.8 Å². The molecule has 1 rings (SSSR count). The molecule has 0 atom stereocenters. The number of rotatable bonds is 6. The molecule has 0 bridgehead atoms. The third kappa shape index (κ3) is 4.16. The minimum Gasteiger partial charge on any atom is -0.396 e. The van der Waals surface area contributed by atoms with Gasteiger partial charge < -0.3 is 5.11 Å². The summed E-state index contributed by atoms with van der Waals surface area (Å²) in [6.07, 6.45) is 4.09. The third-order valence-electron chi connectivity index (χ3n) is 2.11. The lowest BCUT2D eigenvalue weighted by molar-refractivity contribution is 0.287. The van der Waals surface area contributed by atoms with Gasteiger partial charge in [-0.15, -0.1) is 0 Å². The van der Waals surface area contributed by atoms with E-state index in [1.165, 1.54) is 0 Å². The molecule has 2 N–H and O–H groups in total. The number of hydrogen-bond donors (Lipinski definition) is 2. The topological polar surface area (TPSA) is 79.3 Å². The minimum atomic E-state index is -3.32. The molecule has 1 aromatic heterocycles. The molecule has 0 aromatic carbocycles. The first-order valence-electron chi connectivity index (χ1n) is 5.07. The summed E-state index contributed by atoms with van der Waals surface area (Å²) in [5, 5.41) is 8.57. The molecule has 0 spiro atoms. The zero-order valence-electron chi connectivity index (χ0n) is 9.18. The molecule has 0 unspecified atom stereocenters. The molecule has 6 heteroatoms. The van der Waals surface area contributed by atoms with Crippen LogP contribution >= 0.6 is 0 Å². The fraction of sp³-hybridized carbons (Fsp3) is 0.500. The van der Waals surface area contributed by atoms with Crippen molar-refractivity contribution in [3.8, 4) is 0 Å². The van der Waals surface area contributed by atoms with E-state index in [1.54, 1.807) is 25.4 Å². The van der Waals surface area contributed by atoms with Crippen LogP contribution in [0.2, 0.25) is 0 Å².